The van der Waals surface area contributed by atoms with Crippen LogP contribution in [0.25, 0.3) is 0 Å². The first-order valence-electron chi connectivity index (χ1n) is 8.36. The van der Waals surface area contributed by atoms with E-state index < -0.39 is 0 Å². The number of piperazine rings is 1. The maximum atomic E-state index is 10.8. The van der Waals surface area contributed by atoms with Crippen LogP contribution < -0.4 is 4.90 Å². The molecule has 0 aliphatic carbocycles. The predicted molar refractivity (Wildman–Crippen MR) is 92.8 cm³/mol. The smallest absolute Gasteiger partial charge is 0.303 e. The summed E-state index contributed by atoms with van der Waals surface area (Å²) in [6.45, 7) is 8.62. The van der Waals surface area contributed by atoms with Gasteiger partial charge in [-0.05, 0) is 30.7 Å². The fourth-order valence-corrected chi connectivity index (χ4v) is 3.04. The Balaban J connectivity index is 1.50. The van der Waals surface area contributed by atoms with Gasteiger partial charge in [-0.1, -0.05) is 18.2 Å². The lowest BCUT2D eigenvalue weighted by molar-refractivity contribution is -0.142. The van der Waals surface area contributed by atoms with Crippen LogP contribution in [0.2, 0.25) is 0 Å². The first-order chi connectivity index (χ1) is 11.6. The molecule has 0 bridgehead atoms. The fraction of sp³-hybridized carbons (Fsp3) is 0.421. The third-order valence-electron chi connectivity index (χ3n) is 4.34. The predicted octanol–water partition coefficient (Wildman–Crippen LogP) is 2.97. The lowest BCUT2D eigenvalue weighted by Crippen LogP contribution is -2.46. The molecule has 0 spiro atoms. The second-order valence-corrected chi connectivity index (χ2v) is 6.20. The van der Waals surface area contributed by atoms with E-state index in [2.05, 4.69) is 41.0 Å². The number of nitrogens with zero attached hydrogens (tertiary/aromatic N) is 2. The number of ether oxygens (including phenoxy) is 1. The van der Waals surface area contributed by atoms with Gasteiger partial charge in [-0.3, -0.25) is 9.69 Å². The number of carbonyl (C=O) groups is 1. The topological polar surface area (TPSA) is 45.9 Å². The van der Waals surface area contributed by atoms with Crippen molar-refractivity contribution in [3.05, 3.63) is 53.5 Å². The van der Waals surface area contributed by atoms with Gasteiger partial charge >= 0.3 is 5.97 Å². The third kappa shape index (κ3) is 4.17. The van der Waals surface area contributed by atoms with Crippen molar-refractivity contribution in [2.24, 2.45) is 0 Å². The van der Waals surface area contributed by atoms with Crippen molar-refractivity contribution in [3.8, 4) is 0 Å². The lowest BCUT2D eigenvalue weighted by Gasteiger charge is -2.36. The summed E-state index contributed by atoms with van der Waals surface area (Å²) in [6, 6.07) is 12.4. The van der Waals surface area contributed by atoms with Crippen LogP contribution in [0.15, 0.2) is 40.8 Å². The van der Waals surface area contributed by atoms with Crippen molar-refractivity contribution in [1.82, 2.24) is 4.90 Å². The Morgan fingerprint density at radius 1 is 1.08 bits per heavy atom. The quantitative estimate of drug-likeness (QED) is 0.790. The Bertz CT molecular complexity index is 687. The summed E-state index contributed by atoms with van der Waals surface area (Å²) in [5, 5.41) is 0. The zero-order valence-electron chi connectivity index (χ0n) is 14.3. The minimum Gasteiger partial charge on any atom is -0.461 e. The molecule has 2 heterocycles. The van der Waals surface area contributed by atoms with Crippen molar-refractivity contribution in [2.45, 2.75) is 27.0 Å². The van der Waals surface area contributed by atoms with Crippen molar-refractivity contribution in [2.75, 3.05) is 31.1 Å². The molecular formula is C19H24N2O3. The summed E-state index contributed by atoms with van der Waals surface area (Å²) in [4.78, 5) is 15.7. The highest BCUT2D eigenvalue weighted by atomic mass is 16.5. The molecule has 0 radical (unpaired) electrons. The van der Waals surface area contributed by atoms with Crippen molar-refractivity contribution in [1.29, 1.82) is 0 Å². The molecule has 1 aromatic carbocycles. The normalized spacial score (nSPS) is 15.5. The minimum atomic E-state index is -0.291. The molecule has 0 atom stereocenters. The molecule has 5 heteroatoms. The Kier molecular flexibility index (Phi) is 5.20. The van der Waals surface area contributed by atoms with Gasteiger partial charge < -0.3 is 14.1 Å². The average molecular weight is 328 g/mol. The molecule has 0 N–H and O–H groups in total. The molecular weight excluding hydrogens is 304 g/mol. The van der Waals surface area contributed by atoms with Crippen molar-refractivity contribution in [3.63, 3.8) is 0 Å². The number of furan rings is 1. The summed E-state index contributed by atoms with van der Waals surface area (Å²) in [5.74, 6) is 1.32. The van der Waals surface area contributed by atoms with E-state index in [0.29, 0.717) is 5.76 Å². The van der Waals surface area contributed by atoms with Gasteiger partial charge in [-0.25, -0.2) is 0 Å². The highest BCUT2D eigenvalue weighted by molar-refractivity contribution is 5.65. The Morgan fingerprint density at radius 3 is 2.50 bits per heavy atom. The molecule has 1 aromatic heterocycles. The molecule has 2 aromatic rings. The molecule has 5 nitrogen and oxygen atoms in total. The Morgan fingerprint density at radius 2 is 1.79 bits per heavy atom. The summed E-state index contributed by atoms with van der Waals surface area (Å²) in [7, 11) is 0. The minimum absolute atomic E-state index is 0.205. The number of benzene rings is 1. The number of aryl methyl sites for hydroxylation is 1. The second-order valence-electron chi connectivity index (χ2n) is 6.20. The van der Waals surface area contributed by atoms with Crippen LogP contribution in [-0.4, -0.2) is 37.0 Å². The van der Waals surface area contributed by atoms with E-state index >= 15 is 0 Å². The van der Waals surface area contributed by atoms with Crippen LogP contribution in [0.1, 0.15) is 24.0 Å². The molecule has 1 fully saturated rings. The van der Waals surface area contributed by atoms with E-state index in [9.17, 15) is 4.79 Å². The Hall–Kier alpha value is -2.27. The zero-order valence-corrected chi connectivity index (χ0v) is 14.3. The maximum Gasteiger partial charge on any atom is 0.303 e. The average Bonchev–Trinajstić information content (AvgIpc) is 3.02. The summed E-state index contributed by atoms with van der Waals surface area (Å²) in [6.07, 6.45) is 0. The van der Waals surface area contributed by atoms with Gasteiger partial charge in [0.25, 0.3) is 0 Å². The highest BCUT2D eigenvalue weighted by Gasteiger charge is 2.19. The van der Waals surface area contributed by atoms with Crippen LogP contribution >= 0.6 is 0 Å². The molecule has 128 valence electrons. The number of carbonyl (C=O) groups excluding carboxylic acids is 1. The van der Waals surface area contributed by atoms with Gasteiger partial charge in [0.05, 0.1) is 6.54 Å². The van der Waals surface area contributed by atoms with Crippen molar-refractivity contribution >= 4 is 11.7 Å². The molecule has 1 aliphatic heterocycles. The fourth-order valence-electron chi connectivity index (χ4n) is 3.04. The van der Waals surface area contributed by atoms with E-state index in [-0.39, 0.29) is 12.6 Å². The van der Waals surface area contributed by atoms with Crippen LogP contribution in [0.4, 0.5) is 5.69 Å². The van der Waals surface area contributed by atoms with E-state index in [1.807, 2.05) is 12.1 Å². The van der Waals surface area contributed by atoms with Crippen LogP contribution in [-0.2, 0) is 22.7 Å². The standard InChI is InChI=1S/C19H24N2O3/c1-15-5-3-4-6-19(15)21-11-9-20(10-12-21)13-17-7-8-18(24-17)14-23-16(2)22/h3-8H,9-14H2,1-2H3. The first kappa shape index (κ1) is 16.6. The van der Waals surface area contributed by atoms with Gasteiger partial charge in [0.1, 0.15) is 18.1 Å². The van der Waals surface area contributed by atoms with Gasteiger partial charge in [-0.15, -0.1) is 0 Å². The van der Waals surface area contributed by atoms with Crippen LogP contribution in [0.3, 0.4) is 0 Å². The molecule has 0 unspecified atom stereocenters. The van der Waals surface area contributed by atoms with Gasteiger partial charge in [-0.2, -0.15) is 0 Å². The monoisotopic (exact) mass is 328 g/mol. The summed E-state index contributed by atoms with van der Waals surface area (Å²) >= 11 is 0. The zero-order chi connectivity index (χ0) is 16.9. The van der Waals surface area contributed by atoms with Crippen LogP contribution in [0, 0.1) is 6.92 Å². The molecule has 1 saturated heterocycles. The number of anilines is 1. The van der Waals surface area contributed by atoms with E-state index in [1.165, 1.54) is 18.2 Å². The molecule has 1 aliphatic rings. The van der Waals surface area contributed by atoms with Gasteiger partial charge in [0.2, 0.25) is 0 Å². The number of esters is 1. The summed E-state index contributed by atoms with van der Waals surface area (Å²) < 4.78 is 10.7. The molecule has 0 saturated carbocycles. The number of hydrogen-bond acceptors (Lipinski definition) is 5. The molecule has 24 heavy (non-hydrogen) atoms. The van der Waals surface area contributed by atoms with E-state index in [4.69, 9.17) is 9.15 Å². The van der Waals surface area contributed by atoms with Gasteiger partial charge in [0.15, 0.2) is 0 Å². The number of rotatable bonds is 5. The number of para-hydroxylation sites is 1. The largest absolute Gasteiger partial charge is 0.461 e. The van der Waals surface area contributed by atoms with Crippen molar-refractivity contribution < 1.29 is 13.9 Å². The van der Waals surface area contributed by atoms with Crippen LogP contribution in [0.5, 0.6) is 0 Å². The van der Waals surface area contributed by atoms with Gasteiger partial charge in [0, 0.05) is 38.8 Å². The molecule has 3 rings (SSSR count). The lowest BCUT2D eigenvalue weighted by atomic mass is 10.1. The Labute approximate surface area is 142 Å². The number of hydrogen-bond donors (Lipinski definition) is 0. The molecule has 0 amide bonds. The maximum absolute atomic E-state index is 10.8. The van der Waals surface area contributed by atoms with E-state index in [1.54, 1.807) is 0 Å². The first-order valence-corrected chi connectivity index (χ1v) is 8.36. The second kappa shape index (κ2) is 7.53. The summed E-state index contributed by atoms with van der Waals surface area (Å²) in [5.41, 5.74) is 2.66. The highest BCUT2D eigenvalue weighted by Crippen LogP contribution is 2.21. The van der Waals surface area contributed by atoms with E-state index in [0.717, 1.165) is 38.5 Å². The SMILES string of the molecule is CC(=O)OCc1ccc(CN2CCN(c3ccccc3C)CC2)o1. The third-order valence-corrected chi connectivity index (χ3v) is 4.34.